The SMILES string of the molecule is CC1(C)CC1.O=CON1C(=O)CCC1=O. The van der Waals surface area contributed by atoms with Crippen molar-refractivity contribution in [3.05, 3.63) is 0 Å². The Morgan fingerprint density at radius 2 is 1.60 bits per heavy atom. The van der Waals surface area contributed by atoms with Gasteiger partial charge in [-0.15, -0.1) is 5.06 Å². The molecule has 2 amide bonds. The Kier molecular flexibility index (Phi) is 3.44. The number of hydrogen-bond donors (Lipinski definition) is 0. The fraction of sp³-hybridized carbons (Fsp3) is 0.700. The number of nitrogens with zero attached hydrogens (tertiary/aromatic N) is 1. The second-order valence-corrected chi connectivity index (χ2v) is 4.45. The minimum atomic E-state index is -0.461. The first-order valence-corrected chi connectivity index (χ1v) is 4.92. The lowest BCUT2D eigenvalue weighted by atomic mass is 10.2. The number of amides is 2. The quantitative estimate of drug-likeness (QED) is 0.507. The predicted octanol–water partition coefficient (Wildman–Crippen LogP) is 1.03. The highest BCUT2D eigenvalue weighted by Crippen LogP contribution is 2.43. The first-order chi connectivity index (χ1) is 6.96. The Bertz CT molecular complexity index is 263. The fourth-order valence-corrected chi connectivity index (χ4v) is 0.967. The molecular formula is C10H15NO4. The van der Waals surface area contributed by atoms with E-state index in [2.05, 4.69) is 18.7 Å². The molecule has 0 atom stereocenters. The van der Waals surface area contributed by atoms with Crippen molar-refractivity contribution in [3.63, 3.8) is 0 Å². The van der Waals surface area contributed by atoms with Crippen LogP contribution in [0, 0.1) is 5.41 Å². The summed E-state index contributed by atoms with van der Waals surface area (Å²) in [5.74, 6) is -0.922. The minimum Gasteiger partial charge on any atom is -0.334 e. The number of hydrogen-bond acceptors (Lipinski definition) is 4. The third kappa shape index (κ3) is 3.69. The molecule has 0 aromatic carbocycles. The van der Waals surface area contributed by atoms with Gasteiger partial charge in [-0.1, -0.05) is 13.8 Å². The van der Waals surface area contributed by atoms with Crippen molar-refractivity contribution < 1.29 is 19.2 Å². The van der Waals surface area contributed by atoms with Crippen molar-refractivity contribution in [2.24, 2.45) is 5.41 Å². The van der Waals surface area contributed by atoms with Gasteiger partial charge in [-0.25, -0.2) is 0 Å². The summed E-state index contributed by atoms with van der Waals surface area (Å²) < 4.78 is 0. The maximum Gasteiger partial charge on any atom is 0.321 e. The van der Waals surface area contributed by atoms with E-state index in [1.807, 2.05) is 0 Å². The summed E-state index contributed by atoms with van der Waals surface area (Å²) in [6.45, 7) is 4.65. The van der Waals surface area contributed by atoms with E-state index in [-0.39, 0.29) is 19.3 Å². The van der Waals surface area contributed by atoms with Crippen molar-refractivity contribution in [1.82, 2.24) is 5.06 Å². The molecule has 0 spiro atoms. The van der Waals surface area contributed by atoms with E-state index in [1.54, 1.807) is 0 Å². The van der Waals surface area contributed by atoms with Gasteiger partial charge in [0.25, 0.3) is 11.8 Å². The Morgan fingerprint density at radius 3 is 1.87 bits per heavy atom. The number of carbonyl (C=O) groups excluding carboxylic acids is 3. The highest BCUT2D eigenvalue weighted by Gasteiger charge is 2.31. The molecule has 2 rings (SSSR count). The van der Waals surface area contributed by atoms with Crippen molar-refractivity contribution in [2.75, 3.05) is 0 Å². The molecule has 5 heteroatoms. The largest absolute Gasteiger partial charge is 0.334 e. The third-order valence-corrected chi connectivity index (χ3v) is 2.40. The van der Waals surface area contributed by atoms with E-state index < -0.39 is 11.8 Å². The first kappa shape index (κ1) is 11.7. The van der Waals surface area contributed by atoms with E-state index in [9.17, 15) is 14.4 Å². The molecule has 1 aliphatic carbocycles. The summed E-state index contributed by atoms with van der Waals surface area (Å²) in [6.07, 6.45) is 3.17. The number of hydroxylamine groups is 2. The Labute approximate surface area is 88.3 Å². The molecule has 1 aliphatic heterocycles. The van der Waals surface area contributed by atoms with Gasteiger partial charge in [0.15, 0.2) is 0 Å². The van der Waals surface area contributed by atoms with E-state index in [1.165, 1.54) is 12.8 Å². The summed E-state index contributed by atoms with van der Waals surface area (Å²) in [4.78, 5) is 35.0. The second kappa shape index (κ2) is 4.42. The van der Waals surface area contributed by atoms with Crippen LogP contribution in [0.2, 0.25) is 0 Å². The van der Waals surface area contributed by atoms with Crippen LogP contribution in [-0.4, -0.2) is 23.3 Å². The van der Waals surface area contributed by atoms with Gasteiger partial charge in [0.1, 0.15) is 0 Å². The zero-order valence-corrected chi connectivity index (χ0v) is 8.99. The number of carbonyl (C=O) groups is 3. The maximum atomic E-state index is 10.6. The van der Waals surface area contributed by atoms with Crippen molar-refractivity contribution in [1.29, 1.82) is 0 Å². The molecule has 0 aromatic heterocycles. The van der Waals surface area contributed by atoms with Gasteiger partial charge >= 0.3 is 6.47 Å². The van der Waals surface area contributed by atoms with Crippen LogP contribution in [0.4, 0.5) is 0 Å². The average molecular weight is 213 g/mol. The lowest BCUT2D eigenvalue weighted by molar-refractivity contribution is -0.188. The monoisotopic (exact) mass is 213 g/mol. The Hall–Kier alpha value is -1.39. The van der Waals surface area contributed by atoms with E-state index in [0.717, 1.165) is 5.41 Å². The smallest absolute Gasteiger partial charge is 0.321 e. The fourth-order valence-electron chi connectivity index (χ4n) is 0.967. The molecule has 0 aromatic rings. The molecule has 1 saturated heterocycles. The van der Waals surface area contributed by atoms with Crippen LogP contribution in [0.5, 0.6) is 0 Å². The number of rotatable bonds is 2. The lowest BCUT2D eigenvalue weighted by Gasteiger charge is -2.06. The van der Waals surface area contributed by atoms with Crippen molar-refractivity contribution >= 4 is 18.3 Å². The molecule has 2 fully saturated rings. The van der Waals surface area contributed by atoms with Gasteiger partial charge in [0.05, 0.1) is 0 Å². The van der Waals surface area contributed by atoms with Crippen LogP contribution in [-0.2, 0) is 19.2 Å². The summed E-state index contributed by atoms with van der Waals surface area (Å²) in [5.41, 5.74) is 0.750. The minimum absolute atomic E-state index is 0.0567. The molecule has 84 valence electrons. The standard InChI is InChI=1S/C5H5NO4.C5H10/c7-3-10-6-4(8)1-2-5(6)9;1-5(2)3-4-5/h3H,1-2H2;3-4H2,1-2H3. The van der Waals surface area contributed by atoms with Crippen LogP contribution in [0.1, 0.15) is 39.5 Å². The van der Waals surface area contributed by atoms with Gasteiger partial charge in [0, 0.05) is 12.8 Å². The van der Waals surface area contributed by atoms with Crippen LogP contribution >= 0.6 is 0 Å². The second-order valence-electron chi connectivity index (χ2n) is 4.45. The zero-order valence-electron chi connectivity index (χ0n) is 8.99. The highest BCUT2D eigenvalue weighted by molar-refractivity contribution is 6.01. The molecule has 0 unspecified atom stereocenters. The first-order valence-electron chi connectivity index (χ1n) is 4.92. The summed E-state index contributed by atoms with van der Waals surface area (Å²) >= 11 is 0. The molecule has 5 nitrogen and oxygen atoms in total. The number of imide groups is 1. The average Bonchev–Trinajstić information content (AvgIpc) is 2.78. The molecular weight excluding hydrogens is 198 g/mol. The van der Waals surface area contributed by atoms with Gasteiger partial charge < -0.3 is 4.84 Å². The molecule has 15 heavy (non-hydrogen) atoms. The molecule has 1 saturated carbocycles. The van der Waals surface area contributed by atoms with Gasteiger partial charge in [-0.3, -0.25) is 14.4 Å². The summed E-state index contributed by atoms with van der Waals surface area (Å²) in [6, 6.07) is 0. The lowest BCUT2D eigenvalue weighted by Crippen LogP contribution is -2.28. The van der Waals surface area contributed by atoms with Crippen LogP contribution in [0.25, 0.3) is 0 Å². The molecule has 0 radical (unpaired) electrons. The molecule has 0 N–H and O–H groups in total. The van der Waals surface area contributed by atoms with E-state index in [0.29, 0.717) is 5.06 Å². The topological polar surface area (TPSA) is 63.7 Å². The molecule has 2 aliphatic rings. The molecule has 1 heterocycles. The zero-order chi connectivity index (χ0) is 11.5. The molecule has 0 bridgehead atoms. The van der Waals surface area contributed by atoms with Crippen molar-refractivity contribution in [3.8, 4) is 0 Å². The maximum absolute atomic E-state index is 10.6. The third-order valence-electron chi connectivity index (χ3n) is 2.40. The van der Waals surface area contributed by atoms with Crippen molar-refractivity contribution in [2.45, 2.75) is 39.5 Å². The van der Waals surface area contributed by atoms with E-state index >= 15 is 0 Å². The Balaban J connectivity index is 0.000000187. The van der Waals surface area contributed by atoms with Gasteiger partial charge in [-0.05, 0) is 18.3 Å². The normalized spacial score (nSPS) is 21.9. The highest BCUT2D eigenvalue weighted by atomic mass is 16.7. The van der Waals surface area contributed by atoms with E-state index in [4.69, 9.17) is 0 Å². The summed E-state index contributed by atoms with van der Waals surface area (Å²) in [7, 11) is 0. The van der Waals surface area contributed by atoms with Crippen LogP contribution < -0.4 is 0 Å². The Morgan fingerprint density at radius 1 is 1.20 bits per heavy atom. The summed E-state index contributed by atoms with van der Waals surface area (Å²) in [5, 5.41) is 0.479. The van der Waals surface area contributed by atoms with Gasteiger partial charge in [-0.2, -0.15) is 0 Å². The predicted molar refractivity (Wildman–Crippen MR) is 51.3 cm³/mol. The van der Waals surface area contributed by atoms with Gasteiger partial charge in [0.2, 0.25) is 0 Å². The van der Waals surface area contributed by atoms with Crippen LogP contribution in [0.15, 0.2) is 0 Å². The van der Waals surface area contributed by atoms with Crippen LogP contribution in [0.3, 0.4) is 0 Å².